The van der Waals surface area contributed by atoms with Gasteiger partial charge in [0.25, 0.3) is 0 Å². The van der Waals surface area contributed by atoms with Gasteiger partial charge in [0.15, 0.2) is 0 Å². The van der Waals surface area contributed by atoms with E-state index in [4.69, 9.17) is 17.0 Å². The van der Waals surface area contributed by atoms with E-state index < -0.39 is 20.8 Å². The Hall–Kier alpha value is -0.487. The van der Waals surface area contributed by atoms with Crippen molar-refractivity contribution >= 4 is 27.8 Å². The third-order valence-electron chi connectivity index (χ3n) is 3.96. The number of fused-ring (bicyclic) bond motifs is 1. The molecule has 0 bridgehead atoms. The molecule has 3 rings (SSSR count). The summed E-state index contributed by atoms with van der Waals surface area (Å²) in [6.07, 6.45) is 5.12. The number of aryl methyl sites for hydroxylation is 1. The molecule has 3 aromatic rings. The molecule has 0 nitrogen and oxygen atoms in total. The number of rotatable bonds is 5. The normalized spacial score (nSPS) is 10.2. The van der Waals surface area contributed by atoms with Gasteiger partial charge >= 0.3 is 37.9 Å². The van der Waals surface area contributed by atoms with Crippen molar-refractivity contribution in [3.8, 4) is 11.1 Å². The Kier molecular flexibility index (Phi) is 8.52. The van der Waals surface area contributed by atoms with Crippen molar-refractivity contribution in [1.29, 1.82) is 0 Å². The van der Waals surface area contributed by atoms with Crippen molar-refractivity contribution in [2.75, 3.05) is 0 Å². The first-order valence-corrected chi connectivity index (χ1v) is 14.3. The first-order valence-electron chi connectivity index (χ1n) is 8.00. The van der Waals surface area contributed by atoms with Crippen LogP contribution < -0.4 is 0 Å². The van der Waals surface area contributed by atoms with Gasteiger partial charge in [-0.05, 0) is 12.0 Å². The van der Waals surface area contributed by atoms with E-state index in [-0.39, 0.29) is 0 Å². The van der Waals surface area contributed by atoms with Crippen LogP contribution in [0.5, 0.6) is 0 Å². The van der Waals surface area contributed by atoms with Crippen LogP contribution in [0, 0.1) is 0 Å². The predicted octanol–water partition coefficient (Wildman–Crippen LogP) is 7.33. The van der Waals surface area contributed by atoms with Gasteiger partial charge < -0.3 is 0 Å². The third kappa shape index (κ3) is 5.52. The summed E-state index contributed by atoms with van der Waals surface area (Å²) in [5.74, 6) is 0. The van der Waals surface area contributed by atoms with Crippen LogP contribution in [0.2, 0.25) is 0 Å². The molecule has 0 unspecified atom stereocenters. The van der Waals surface area contributed by atoms with E-state index in [0.29, 0.717) is 0 Å². The summed E-state index contributed by atoms with van der Waals surface area (Å²) in [4.78, 5) is 0. The molecule has 0 aromatic heterocycles. The first-order chi connectivity index (χ1) is 11.3. The molecule has 120 valence electrons. The van der Waals surface area contributed by atoms with Gasteiger partial charge in [-0.2, -0.15) is 6.07 Å². The van der Waals surface area contributed by atoms with E-state index in [1.54, 1.807) is 0 Å². The fourth-order valence-corrected chi connectivity index (χ4v) is 2.89. The quantitative estimate of drug-likeness (QED) is 0.298. The SMILES string of the molecule is CCCCCc1cc2c(-c3ccccc3)cccc2[cH-]1.[Cl][Zr][Cl]. The topological polar surface area (TPSA) is 0 Å². The molecule has 0 heterocycles. The van der Waals surface area contributed by atoms with Gasteiger partial charge in [-0.1, -0.05) is 68.1 Å². The average Bonchev–Trinajstić information content (AvgIpc) is 2.99. The van der Waals surface area contributed by atoms with E-state index in [0.717, 1.165) is 0 Å². The van der Waals surface area contributed by atoms with E-state index >= 15 is 0 Å². The second kappa shape index (κ2) is 10.4. The van der Waals surface area contributed by atoms with E-state index in [1.165, 1.54) is 53.1 Å². The zero-order chi connectivity index (χ0) is 16.5. The van der Waals surface area contributed by atoms with Crippen molar-refractivity contribution in [3.63, 3.8) is 0 Å². The summed E-state index contributed by atoms with van der Waals surface area (Å²) in [5, 5.41) is 2.77. The molecular weight excluding hydrogens is 402 g/mol. The van der Waals surface area contributed by atoms with Crippen LogP contribution in [-0.4, -0.2) is 0 Å². The van der Waals surface area contributed by atoms with Gasteiger partial charge in [0.2, 0.25) is 0 Å². The Bertz CT molecular complexity index is 704. The Morgan fingerprint density at radius 2 is 1.70 bits per heavy atom. The standard InChI is InChI=1S/C20H21.2ClH.Zr/c1-2-3-5-9-16-14-18-12-8-13-19(20(18)15-16)17-10-6-4-7-11-17;;;/h4,6-8,10-15H,2-3,5,9H2,1H3;2*1H;/q-1;;;+2/p-2. The fraction of sp³-hybridized carbons (Fsp3) is 0.250. The molecule has 0 saturated carbocycles. The molecule has 0 N–H and O–H groups in total. The maximum atomic E-state index is 4.93. The Labute approximate surface area is 157 Å². The van der Waals surface area contributed by atoms with Gasteiger partial charge in [-0.15, -0.1) is 34.5 Å². The molecule has 0 aliphatic carbocycles. The molecule has 0 radical (unpaired) electrons. The van der Waals surface area contributed by atoms with Crippen LogP contribution in [-0.2, 0) is 27.3 Å². The van der Waals surface area contributed by atoms with Crippen molar-refractivity contribution < 1.29 is 20.8 Å². The zero-order valence-electron chi connectivity index (χ0n) is 13.4. The van der Waals surface area contributed by atoms with Gasteiger partial charge in [0.1, 0.15) is 0 Å². The van der Waals surface area contributed by atoms with E-state index in [2.05, 4.69) is 67.6 Å². The molecule has 23 heavy (non-hydrogen) atoms. The molecule has 3 heteroatoms. The average molecular weight is 424 g/mol. The molecular formula is C20H21Cl2Zr-. The summed E-state index contributed by atoms with van der Waals surface area (Å²) < 4.78 is 0. The molecule has 0 aliphatic heterocycles. The summed E-state index contributed by atoms with van der Waals surface area (Å²) in [7, 11) is 9.87. The second-order valence-electron chi connectivity index (χ2n) is 5.57. The van der Waals surface area contributed by atoms with Crippen LogP contribution in [0.15, 0.2) is 60.7 Å². The van der Waals surface area contributed by atoms with Crippen LogP contribution in [0.3, 0.4) is 0 Å². The molecule has 0 spiro atoms. The van der Waals surface area contributed by atoms with E-state index in [1.807, 2.05) is 0 Å². The van der Waals surface area contributed by atoms with Crippen LogP contribution in [0.1, 0.15) is 31.7 Å². The number of unbranched alkanes of at least 4 members (excludes halogenated alkanes) is 2. The Morgan fingerprint density at radius 3 is 2.39 bits per heavy atom. The summed E-state index contributed by atoms with van der Waals surface area (Å²) >= 11 is -0.826. The minimum atomic E-state index is -0.826. The van der Waals surface area contributed by atoms with Crippen molar-refractivity contribution in [3.05, 3.63) is 66.2 Å². The Morgan fingerprint density at radius 1 is 0.957 bits per heavy atom. The molecule has 3 aromatic carbocycles. The summed E-state index contributed by atoms with van der Waals surface area (Å²) in [5.41, 5.74) is 4.14. The van der Waals surface area contributed by atoms with Gasteiger partial charge in [-0.3, -0.25) is 0 Å². The molecule has 0 amide bonds. The second-order valence-corrected chi connectivity index (χ2v) is 9.30. The van der Waals surface area contributed by atoms with Crippen LogP contribution in [0.4, 0.5) is 0 Å². The van der Waals surface area contributed by atoms with Gasteiger partial charge in [0.05, 0.1) is 0 Å². The van der Waals surface area contributed by atoms with Gasteiger partial charge in [0, 0.05) is 0 Å². The summed E-state index contributed by atoms with van der Waals surface area (Å²) in [6, 6.07) is 22.0. The number of halogens is 2. The maximum absolute atomic E-state index is 4.93. The summed E-state index contributed by atoms with van der Waals surface area (Å²) in [6.45, 7) is 2.26. The number of hydrogen-bond acceptors (Lipinski definition) is 0. The zero-order valence-corrected chi connectivity index (χ0v) is 17.3. The van der Waals surface area contributed by atoms with Crippen molar-refractivity contribution in [1.82, 2.24) is 0 Å². The Balaban J connectivity index is 0.000000595. The number of hydrogen-bond donors (Lipinski definition) is 0. The van der Waals surface area contributed by atoms with Crippen LogP contribution >= 0.6 is 17.0 Å². The molecule has 0 atom stereocenters. The van der Waals surface area contributed by atoms with Gasteiger partial charge in [-0.25, -0.2) is 0 Å². The fourth-order valence-electron chi connectivity index (χ4n) is 2.89. The predicted molar refractivity (Wildman–Crippen MR) is 99.9 cm³/mol. The number of benzene rings is 2. The minimum absolute atomic E-state index is 0.826. The third-order valence-corrected chi connectivity index (χ3v) is 3.96. The van der Waals surface area contributed by atoms with Crippen molar-refractivity contribution in [2.24, 2.45) is 0 Å². The molecule has 0 aliphatic rings. The van der Waals surface area contributed by atoms with E-state index in [9.17, 15) is 0 Å². The van der Waals surface area contributed by atoms with Crippen LogP contribution in [0.25, 0.3) is 21.9 Å². The monoisotopic (exact) mass is 421 g/mol. The molecule has 0 saturated heterocycles. The first kappa shape index (κ1) is 18.8. The van der Waals surface area contributed by atoms with Crippen molar-refractivity contribution in [2.45, 2.75) is 32.6 Å². The molecule has 0 fully saturated rings.